The zero-order valence-corrected chi connectivity index (χ0v) is 17.2. The van der Waals surface area contributed by atoms with E-state index in [1.807, 2.05) is 6.07 Å². The molecule has 27 heavy (non-hydrogen) atoms. The van der Waals surface area contributed by atoms with Crippen molar-refractivity contribution in [3.63, 3.8) is 0 Å². The van der Waals surface area contributed by atoms with Gasteiger partial charge in [0, 0.05) is 17.0 Å². The monoisotopic (exact) mass is 440 g/mol. The number of halogens is 4. The number of ketones is 1. The molecule has 1 saturated carbocycles. The average Bonchev–Trinajstić information content (AvgIpc) is 3.13. The van der Waals surface area contributed by atoms with Gasteiger partial charge in [0.25, 0.3) is 0 Å². The van der Waals surface area contributed by atoms with E-state index in [9.17, 15) is 4.79 Å². The van der Waals surface area contributed by atoms with E-state index >= 15 is 0 Å². The summed E-state index contributed by atoms with van der Waals surface area (Å²) in [5, 5.41) is 1.73. The number of fused-ring (bicyclic) bond motifs is 1. The molecule has 0 bridgehead atoms. The highest BCUT2D eigenvalue weighted by Crippen LogP contribution is 2.44. The molecule has 1 fully saturated rings. The maximum absolute atomic E-state index is 13.2. The van der Waals surface area contributed by atoms with E-state index < -0.39 is 6.10 Å². The van der Waals surface area contributed by atoms with Crippen LogP contribution in [0.4, 0.5) is 0 Å². The lowest BCUT2D eigenvalue weighted by Gasteiger charge is -2.33. The topological polar surface area (TPSA) is 26.3 Å². The van der Waals surface area contributed by atoms with Crippen LogP contribution in [0.2, 0.25) is 20.1 Å². The van der Waals surface area contributed by atoms with E-state index in [2.05, 4.69) is 6.08 Å². The summed E-state index contributed by atoms with van der Waals surface area (Å²) in [7, 11) is 0. The van der Waals surface area contributed by atoms with Crippen molar-refractivity contribution in [3.05, 3.63) is 73.7 Å². The lowest BCUT2D eigenvalue weighted by molar-refractivity contribution is 0.0503. The van der Waals surface area contributed by atoms with Gasteiger partial charge in [-0.05, 0) is 61.2 Å². The molecule has 4 rings (SSSR count). The van der Waals surface area contributed by atoms with Crippen LogP contribution in [0.3, 0.4) is 0 Å². The van der Waals surface area contributed by atoms with Crippen molar-refractivity contribution in [1.82, 2.24) is 0 Å². The van der Waals surface area contributed by atoms with E-state index in [1.54, 1.807) is 30.3 Å². The third kappa shape index (κ3) is 3.73. The van der Waals surface area contributed by atoms with Gasteiger partial charge in [-0.2, -0.15) is 0 Å². The molecule has 0 unspecified atom stereocenters. The molecule has 2 nitrogen and oxygen atoms in total. The van der Waals surface area contributed by atoms with Crippen LogP contribution < -0.4 is 0 Å². The van der Waals surface area contributed by atoms with Gasteiger partial charge < -0.3 is 4.74 Å². The van der Waals surface area contributed by atoms with Crippen LogP contribution in [-0.4, -0.2) is 11.9 Å². The van der Waals surface area contributed by atoms with Gasteiger partial charge >= 0.3 is 0 Å². The van der Waals surface area contributed by atoms with Crippen molar-refractivity contribution >= 4 is 57.9 Å². The van der Waals surface area contributed by atoms with Crippen molar-refractivity contribution in [1.29, 1.82) is 0 Å². The van der Waals surface area contributed by atoms with Gasteiger partial charge in [0.2, 0.25) is 5.78 Å². The second-order valence-corrected chi connectivity index (χ2v) is 8.58. The summed E-state index contributed by atoms with van der Waals surface area (Å²) in [6.07, 6.45) is 4.66. The third-order valence-corrected chi connectivity index (χ3v) is 6.78. The smallest absolute Gasteiger partial charge is 0.203 e. The molecule has 140 valence electrons. The summed E-state index contributed by atoms with van der Waals surface area (Å²) in [6.45, 7) is 0. The maximum atomic E-state index is 13.2. The average molecular weight is 442 g/mol. The molecule has 2 aliphatic rings. The number of benzene rings is 2. The first-order valence-corrected chi connectivity index (χ1v) is 10.3. The minimum atomic E-state index is -0.552. The Kier molecular flexibility index (Phi) is 5.44. The Balaban J connectivity index is 1.68. The molecule has 2 aromatic carbocycles. The van der Waals surface area contributed by atoms with Crippen LogP contribution in [0.15, 0.2) is 42.5 Å². The van der Waals surface area contributed by atoms with Crippen LogP contribution in [0.25, 0.3) is 5.76 Å². The van der Waals surface area contributed by atoms with Crippen molar-refractivity contribution in [2.75, 3.05) is 0 Å². The molecule has 2 aromatic rings. The third-order valence-electron chi connectivity index (χ3n) is 5.30. The summed E-state index contributed by atoms with van der Waals surface area (Å²) in [5.41, 5.74) is 1.33. The highest BCUT2D eigenvalue weighted by molar-refractivity contribution is 6.42. The van der Waals surface area contributed by atoms with E-state index in [0.717, 1.165) is 24.8 Å². The number of Topliss-reactive ketones (excluding diaryl/α,β-unsaturated/α-hetero) is 1. The molecule has 0 spiro atoms. The SMILES string of the molecule is O=C(c1ccc(Cl)c(Cl)c1)[C@@H]1OC(c2ccc(Cl)c(Cl)c2)=C[C@@H]2CCC[C@@H]21. The zero-order valence-electron chi connectivity index (χ0n) is 14.2. The number of carbonyl (C=O) groups excluding carboxylic acids is 1. The predicted octanol–water partition coefficient (Wildman–Crippen LogP) is 7.34. The van der Waals surface area contributed by atoms with Crippen molar-refractivity contribution in [2.24, 2.45) is 11.8 Å². The zero-order chi connectivity index (χ0) is 19.1. The Hall–Kier alpha value is -1.19. The minimum Gasteiger partial charge on any atom is -0.482 e. The molecule has 0 radical (unpaired) electrons. The molecule has 6 heteroatoms. The number of rotatable bonds is 3. The highest BCUT2D eigenvalue weighted by atomic mass is 35.5. The lowest BCUT2D eigenvalue weighted by atomic mass is 9.83. The summed E-state index contributed by atoms with van der Waals surface area (Å²) < 4.78 is 6.20. The first-order chi connectivity index (χ1) is 12.9. The summed E-state index contributed by atoms with van der Waals surface area (Å²) in [6, 6.07) is 10.3. The molecule has 1 aliphatic carbocycles. The quantitative estimate of drug-likeness (QED) is 0.465. The van der Waals surface area contributed by atoms with E-state index in [-0.39, 0.29) is 11.7 Å². The van der Waals surface area contributed by atoms with Gasteiger partial charge in [0.15, 0.2) is 6.10 Å². The molecule has 1 aliphatic heterocycles. The molecule has 0 N–H and O–H groups in total. The Morgan fingerprint density at radius 3 is 2.30 bits per heavy atom. The first kappa shape index (κ1) is 19.1. The first-order valence-electron chi connectivity index (χ1n) is 8.77. The standard InChI is InChI=1S/C21H16Cl4O2/c22-15-6-4-12(8-17(15)24)19-10-11-2-1-3-14(11)21(27-19)20(26)13-5-7-16(23)18(25)9-13/h4-11,14,21H,1-3H2/t11-,14-,21+/m0/s1. The van der Waals surface area contributed by atoms with E-state index in [4.69, 9.17) is 51.1 Å². The molecule has 0 aromatic heterocycles. The van der Waals surface area contributed by atoms with Gasteiger partial charge in [-0.15, -0.1) is 0 Å². The van der Waals surface area contributed by atoms with Gasteiger partial charge in [-0.25, -0.2) is 0 Å². The Bertz CT molecular complexity index is 938. The van der Waals surface area contributed by atoms with Crippen LogP contribution in [0, 0.1) is 11.8 Å². The second kappa shape index (κ2) is 7.67. The van der Waals surface area contributed by atoms with Crippen LogP contribution in [0.5, 0.6) is 0 Å². The van der Waals surface area contributed by atoms with Crippen molar-refractivity contribution in [3.8, 4) is 0 Å². The molecule has 0 amide bonds. The summed E-state index contributed by atoms with van der Waals surface area (Å²) >= 11 is 24.3. The highest BCUT2D eigenvalue weighted by Gasteiger charge is 2.42. The van der Waals surface area contributed by atoms with Gasteiger partial charge in [-0.3, -0.25) is 4.79 Å². The second-order valence-electron chi connectivity index (χ2n) is 6.95. The fourth-order valence-corrected chi connectivity index (χ4v) is 4.53. The normalized spacial score (nSPS) is 24.1. The van der Waals surface area contributed by atoms with Gasteiger partial charge in [-0.1, -0.05) is 52.8 Å². The molecular formula is C21H16Cl4O2. The lowest BCUT2D eigenvalue weighted by Crippen LogP contribution is -2.36. The fourth-order valence-electron chi connectivity index (χ4n) is 3.93. The van der Waals surface area contributed by atoms with Crippen molar-refractivity contribution < 1.29 is 9.53 Å². The molecule has 0 saturated heterocycles. The number of ether oxygens (including phenoxy) is 1. The van der Waals surface area contributed by atoms with E-state index in [1.165, 1.54) is 0 Å². The van der Waals surface area contributed by atoms with Gasteiger partial charge in [0.1, 0.15) is 5.76 Å². The van der Waals surface area contributed by atoms with Crippen LogP contribution in [0.1, 0.15) is 35.2 Å². The summed E-state index contributed by atoms with van der Waals surface area (Å²) in [4.78, 5) is 13.2. The number of carbonyl (C=O) groups is 1. The summed E-state index contributed by atoms with van der Waals surface area (Å²) in [5.74, 6) is 1.07. The molecule has 1 heterocycles. The Morgan fingerprint density at radius 2 is 1.59 bits per heavy atom. The maximum Gasteiger partial charge on any atom is 0.203 e. The minimum absolute atomic E-state index is 0.0730. The van der Waals surface area contributed by atoms with Crippen LogP contribution in [-0.2, 0) is 4.74 Å². The van der Waals surface area contributed by atoms with E-state index in [0.29, 0.717) is 37.3 Å². The predicted molar refractivity (Wildman–Crippen MR) is 111 cm³/mol. The number of hydrogen-bond acceptors (Lipinski definition) is 2. The number of hydrogen-bond donors (Lipinski definition) is 0. The molecular weight excluding hydrogens is 426 g/mol. The molecule has 3 atom stereocenters. The Labute approximate surface area is 178 Å². The van der Waals surface area contributed by atoms with Crippen molar-refractivity contribution in [2.45, 2.75) is 25.4 Å². The fraction of sp³-hybridized carbons (Fsp3) is 0.286. The number of allylic oxidation sites excluding steroid dienone is 1. The Morgan fingerprint density at radius 1 is 0.889 bits per heavy atom. The van der Waals surface area contributed by atoms with Crippen LogP contribution >= 0.6 is 46.4 Å². The van der Waals surface area contributed by atoms with Gasteiger partial charge in [0.05, 0.1) is 20.1 Å². The largest absolute Gasteiger partial charge is 0.482 e.